The van der Waals surface area contributed by atoms with E-state index in [1.54, 1.807) is 12.1 Å². The van der Waals surface area contributed by atoms with Gasteiger partial charge < -0.3 is 15.0 Å². The van der Waals surface area contributed by atoms with Crippen molar-refractivity contribution in [3.8, 4) is 5.88 Å². The third kappa shape index (κ3) is 4.22. The summed E-state index contributed by atoms with van der Waals surface area (Å²) in [4.78, 5) is 17.0. The van der Waals surface area contributed by atoms with E-state index in [2.05, 4.69) is 10.3 Å². The van der Waals surface area contributed by atoms with Gasteiger partial charge in [0.2, 0.25) is 5.88 Å². The fourth-order valence-corrected chi connectivity index (χ4v) is 2.43. The Bertz CT molecular complexity index is 774. The summed E-state index contributed by atoms with van der Waals surface area (Å²) in [7, 11) is 0. The van der Waals surface area contributed by atoms with Crippen molar-refractivity contribution in [2.75, 3.05) is 13.1 Å². The minimum Gasteiger partial charge on any atom is -0.470 e. The summed E-state index contributed by atoms with van der Waals surface area (Å²) in [6.07, 6.45) is -3.89. The number of nitrogens with zero attached hydrogens (tertiary/aromatic N) is 2. The molecule has 1 saturated heterocycles. The first-order valence-corrected chi connectivity index (χ1v) is 7.79. The number of hydrogen-bond acceptors (Lipinski definition) is 3. The van der Waals surface area contributed by atoms with E-state index < -0.39 is 23.7 Å². The zero-order valence-corrected chi connectivity index (χ0v) is 13.5. The summed E-state index contributed by atoms with van der Waals surface area (Å²) in [5.41, 5.74) is -0.212. The number of alkyl halides is 3. The zero-order chi connectivity index (χ0) is 18.7. The van der Waals surface area contributed by atoms with Crippen molar-refractivity contribution < 1.29 is 27.1 Å². The van der Waals surface area contributed by atoms with Crippen LogP contribution in [0.2, 0.25) is 0 Å². The summed E-state index contributed by atoms with van der Waals surface area (Å²) in [5, 5.41) is 2.65. The van der Waals surface area contributed by atoms with Gasteiger partial charge in [0.1, 0.15) is 17.5 Å². The highest BCUT2D eigenvalue weighted by Gasteiger charge is 2.38. The third-order valence-electron chi connectivity index (χ3n) is 3.85. The van der Waals surface area contributed by atoms with E-state index in [9.17, 15) is 22.4 Å². The second-order valence-electron chi connectivity index (χ2n) is 5.78. The molecular formula is C17H15F4N3O2. The van der Waals surface area contributed by atoms with Crippen molar-refractivity contribution in [1.29, 1.82) is 0 Å². The summed E-state index contributed by atoms with van der Waals surface area (Å²) in [6, 6.07) is 7.40. The Kier molecular flexibility index (Phi) is 4.97. The van der Waals surface area contributed by atoms with Crippen LogP contribution in [0.1, 0.15) is 11.1 Å². The highest BCUT2D eigenvalue weighted by molar-refractivity contribution is 5.75. The number of aromatic nitrogens is 1. The Hall–Kier alpha value is -2.84. The number of likely N-dealkylation sites (tertiary alicyclic amines) is 1. The van der Waals surface area contributed by atoms with E-state index in [-0.39, 0.29) is 31.5 Å². The summed E-state index contributed by atoms with van der Waals surface area (Å²) < 4.78 is 56.8. The summed E-state index contributed by atoms with van der Waals surface area (Å²) in [6.45, 7) is 0.534. The maximum atomic E-state index is 12.9. The van der Waals surface area contributed by atoms with Crippen molar-refractivity contribution in [2.24, 2.45) is 0 Å². The van der Waals surface area contributed by atoms with E-state index in [1.165, 1.54) is 29.3 Å². The van der Waals surface area contributed by atoms with Gasteiger partial charge in [-0.05, 0) is 29.8 Å². The molecule has 0 aliphatic carbocycles. The lowest BCUT2D eigenvalue weighted by molar-refractivity contribution is -0.140. The summed E-state index contributed by atoms with van der Waals surface area (Å²) >= 11 is 0. The quantitative estimate of drug-likeness (QED) is 0.842. The molecule has 0 spiro atoms. The van der Waals surface area contributed by atoms with Crippen LogP contribution >= 0.6 is 0 Å². The molecule has 0 bridgehead atoms. The molecule has 26 heavy (non-hydrogen) atoms. The van der Waals surface area contributed by atoms with Gasteiger partial charge in [-0.15, -0.1) is 0 Å². The second-order valence-corrected chi connectivity index (χ2v) is 5.78. The minimum atomic E-state index is -4.56. The fraction of sp³-hybridized carbons (Fsp3) is 0.294. The molecule has 5 nitrogen and oxygen atoms in total. The van der Waals surface area contributed by atoms with Gasteiger partial charge in [0.15, 0.2) is 0 Å². The van der Waals surface area contributed by atoms with Crippen LogP contribution in [0.4, 0.5) is 22.4 Å². The van der Waals surface area contributed by atoms with Crippen molar-refractivity contribution in [1.82, 2.24) is 15.2 Å². The molecule has 1 aliphatic rings. The van der Waals surface area contributed by atoms with Crippen LogP contribution in [-0.4, -0.2) is 35.1 Å². The molecule has 0 radical (unpaired) electrons. The van der Waals surface area contributed by atoms with Gasteiger partial charge in [0, 0.05) is 12.7 Å². The van der Waals surface area contributed by atoms with Crippen molar-refractivity contribution in [3.05, 3.63) is 59.5 Å². The molecule has 0 unspecified atom stereocenters. The number of rotatable bonds is 4. The number of carbonyl (C=O) groups excluding carboxylic acids is 1. The van der Waals surface area contributed by atoms with Crippen molar-refractivity contribution in [2.45, 2.75) is 18.8 Å². The molecule has 9 heteroatoms. The van der Waals surface area contributed by atoms with Gasteiger partial charge in [-0.25, -0.2) is 14.2 Å². The number of pyridine rings is 1. The highest BCUT2D eigenvalue weighted by Crippen LogP contribution is 2.35. The monoisotopic (exact) mass is 369 g/mol. The van der Waals surface area contributed by atoms with Crippen molar-refractivity contribution in [3.63, 3.8) is 0 Å². The van der Waals surface area contributed by atoms with Crippen LogP contribution in [0.15, 0.2) is 42.6 Å². The first kappa shape index (κ1) is 18.0. The van der Waals surface area contributed by atoms with E-state index in [1.807, 2.05) is 0 Å². The molecule has 2 amide bonds. The molecule has 1 aliphatic heterocycles. The molecule has 3 rings (SSSR count). The van der Waals surface area contributed by atoms with Gasteiger partial charge in [-0.3, -0.25) is 0 Å². The number of benzene rings is 1. The molecule has 0 atom stereocenters. The van der Waals surface area contributed by atoms with Crippen LogP contribution in [0.3, 0.4) is 0 Å². The predicted molar refractivity (Wildman–Crippen MR) is 83.9 cm³/mol. The SMILES string of the molecule is O=C(NCc1ccc(F)cc1)N1CC(Oc2ncccc2C(F)(F)F)C1. The number of halogens is 4. The molecule has 2 aromatic rings. The van der Waals surface area contributed by atoms with Crippen LogP contribution < -0.4 is 10.1 Å². The lowest BCUT2D eigenvalue weighted by Crippen LogP contribution is -2.58. The lowest BCUT2D eigenvalue weighted by Gasteiger charge is -2.38. The van der Waals surface area contributed by atoms with Gasteiger partial charge in [0.25, 0.3) is 0 Å². The lowest BCUT2D eigenvalue weighted by atomic mass is 10.1. The Balaban J connectivity index is 1.48. The number of urea groups is 1. The van der Waals surface area contributed by atoms with Gasteiger partial charge in [0.05, 0.1) is 13.1 Å². The van der Waals surface area contributed by atoms with Crippen LogP contribution in [-0.2, 0) is 12.7 Å². The number of amides is 2. The summed E-state index contributed by atoms with van der Waals surface area (Å²) in [5.74, 6) is -0.855. The average Bonchev–Trinajstić information content (AvgIpc) is 2.56. The number of nitrogens with one attached hydrogen (secondary N) is 1. The number of ether oxygens (including phenoxy) is 1. The number of hydrogen-bond donors (Lipinski definition) is 1. The van der Waals surface area contributed by atoms with Crippen molar-refractivity contribution >= 4 is 6.03 Å². The Labute approximate surface area is 146 Å². The molecule has 0 saturated carbocycles. The largest absolute Gasteiger partial charge is 0.470 e. The van der Waals surface area contributed by atoms with Gasteiger partial charge in [-0.2, -0.15) is 13.2 Å². The Morgan fingerprint density at radius 3 is 2.58 bits per heavy atom. The molecule has 1 aromatic heterocycles. The smallest absolute Gasteiger partial charge is 0.421 e. The normalized spacial score (nSPS) is 14.7. The molecule has 138 valence electrons. The second kappa shape index (κ2) is 7.19. The van der Waals surface area contributed by atoms with E-state index in [0.717, 1.165) is 11.6 Å². The maximum Gasteiger partial charge on any atom is 0.421 e. The topological polar surface area (TPSA) is 54.5 Å². The molecule has 1 aromatic carbocycles. The third-order valence-corrected chi connectivity index (χ3v) is 3.85. The fourth-order valence-electron chi connectivity index (χ4n) is 2.43. The maximum absolute atomic E-state index is 12.9. The van der Waals surface area contributed by atoms with Crippen LogP contribution in [0.5, 0.6) is 5.88 Å². The molecule has 1 N–H and O–H groups in total. The van der Waals surface area contributed by atoms with Crippen LogP contribution in [0.25, 0.3) is 0 Å². The standard InChI is InChI=1S/C17H15F4N3O2/c18-12-5-3-11(4-6-12)8-23-16(25)24-9-13(10-24)26-15-14(17(19,20)21)2-1-7-22-15/h1-7,13H,8-10H2,(H,23,25). The molecule has 1 fully saturated rings. The minimum absolute atomic E-state index is 0.156. The Morgan fingerprint density at radius 1 is 1.23 bits per heavy atom. The molecular weight excluding hydrogens is 354 g/mol. The number of carbonyl (C=O) groups is 1. The van der Waals surface area contributed by atoms with Gasteiger partial charge in [-0.1, -0.05) is 12.1 Å². The van der Waals surface area contributed by atoms with E-state index in [4.69, 9.17) is 4.74 Å². The highest BCUT2D eigenvalue weighted by atomic mass is 19.4. The van der Waals surface area contributed by atoms with E-state index >= 15 is 0 Å². The van der Waals surface area contributed by atoms with E-state index in [0.29, 0.717) is 0 Å². The zero-order valence-electron chi connectivity index (χ0n) is 13.5. The van der Waals surface area contributed by atoms with Crippen LogP contribution in [0, 0.1) is 5.82 Å². The average molecular weight is 369 g/mol. The first-order valence-electron chi connectivity index (χ1n) is 7.79. The molecule has 2 heterocycles. The predicted octanol–water partition coefficient (Wildman–Crippen LogP) is 3.21. The first-order chi connectivity index (χ1) is 12.3. The Morgan fingerprint density at radius 2 is 1.92 bits per heavy atom. The van der Waals surface area contributed by atoms with Gasteiger partial charge >= 0.3 is 12.2 Å².